The minimum absolute atomic E-state index is 0.304. The Balaban J connectivity index is 1.94. The summed E-state index contributed by atoms with van der Waals surface area (Å²) in [7, 11) is -4.16. The van der Waals surface area contributed by atoms with Crippen molar-refractivity contribution < 1.29 is 22.7 Å². The van der Waals surface area contributed by atoms with E-state index in [4.69, 9.17) is 0 Å². The molecule has 126 valence electrons. The molecule has 1 aromatic carbocycles. The van der Waals surface area contributed by atoms with Crippen LogP contribution in [0, 0.1) is 11.7 Å². The van der Waals surface area contributed by atoms with E-state index in [9.17, 15) is 22.7 Å². The topological polar surface area (TPSA) is 98.7 Å². The molecule has 0 aromatic heterocycles. The minimum Gasteiger partial charge on any atom is -0.506 e. The largest absolute Gasteiger partial charge is 0.506 e. The Hall–Kier alpha value is -1.87. The van der Waals surface area contributed by atoms with Gasteiger partial charge in [0.25, 0.3) is 5.91 Å². The first-order valence-corrected chi connectivity index (χ1v) is 8.87. The van der Waals surface area contributed by atoms with E-state index < -0.39 is 39.9 Å². The van der Waals surface area contributed by atoms with E-state index in [-0.39, 0.29) is 0 Å². The first-order chi connectivity index (χ1) is 10.9. The number of aromatic hydroxyl groups is 1. The number of carbonyl (C=O) groups excluding carboxylic acids is 1. The number of anilines is 1. The predicted octanol–water partition coefficient (Wildman–Crippen LogP) is 0.254. The standard InChI is InChI=1S/C14H18FN3O4S/c15-13-10(7-9-3-5-16-6-4-9)1-2-11(19)14(13)18-8-12(20)17-23(18,21)22/h1-2,9,16,19H,3-8H2,(H,17,20). The molecule has 2 fully saturated rings. The highest BCUT2D eigenvalue weighted by Gasteiger charge is 2.38. The molecule has 2 heterocycles. The highest BCUT2D eigenvalue weighted by atomic mass is 32.2. The SMILES string of the molecule is O=C1CN(c2c(O)ccc(CC3CCNCC3)c2F)S(=O)(=O)N1. The van der Waals surface area contributed by atoms with Crippen LogP contribution in [0.2, 0.25) is 0 Å². The van der Waals surface area contributed by atoms with Crippen LogP contribution < -0.4 is 14.3 Å². The van der Waals surface area contributed by atoms with Crippen LogP contribution in [0.25, 0.3) is 0 Å². The number of carbonyl (C=O) groups is 1. The number of nitrogens with one attached hydrogen (secondary N) is 2. The Kier molecular flexibility index (Phi) is 4.15. The second kappa shape index (κ2) is 5.97. The lowest BCUT2D eigenvalue weighted by molar-refractivity contribution is -0.117. The van der Waals surface area contributed by atoms with E-state index in [0.29, 0.717) is 22.2 Å². The van der Waals surface area contributed by atoms with Crippen molar-refractivity contribution >= 4 is 21.8 Å². The maximum absolute atomic E-state index is 14.8. The summed E-state index contributed by atoms with van der Waals surface area (Å²) in [5.74, 6) is -1.74. The fraction of sp³-hybridized carbons (Fsp3) is 0.500. The van der Waals surface area contributed by atoms with Gasteiger partial charge in [0.05, 0.1) is 0 Å². The molecule has 3 N–H and O–H groups in total. The van der Waals surface area contributed by atoms with E-state index in [0.717, 1.165) is 25.9 Å². The molecule has 2 aliphatic heterocycles. The Labute approximate surface area is 133 Å². The second-order valence-corrected chi connectivity index (χ2v) is 7.44. The number of hydrogen-bond donors (Lipinski definition) is 3. The van der Waals surface area contributed by atoms with Crippen molar-refractivity contribution in [2.75, 3.05) is 23.9 Å². The van der Waals surface area contributed by atoms with Gasteiger partial charge >= 0.3 is 10.2 Å². The first kappa shape index (κ1) is 16.0. The molecule has 1 amide bonds. The molecule has 0 atom stereocenters. The first-order valence-electron chi connectivity index (χ1n) is 7.43. The summed E-state index contributed by atoms with van der Waals surface area (Å²) in [5, 5.41) is 13.1. The lowest BCUT2D eigenvalue weighted by Gasteiger charge is -2.24. The van der Waals surface area contributed by atoms with Gasteiger partial charge in [-0.3, -0.25) is 4.79 Å². The van der Waals surface area contributed by atoms with Crippen molar-refractivity contribution in [3.8, 4) is 5.75 Å². The lowest BCUT2D eigenvalue weighted by atomic mass is 9.90. The third kappa shape index (κ3) is 3.11. The zero-order chi connectivity index (χ0) is 16.6. The summed E-state index contributed by atoms with van der Waals surface area (Å²) in [6.45, 7) is 1.20. The van der Waals surface area contributed by atoms with Crippen molar-refractivity contribution in [3.63, 3.8) is 0 Å². The number of phenolic OH excluding ortho intramolecular Hbond substituents is 1. The van der Waals surface area contributed by atoms with E-state index in [1.54, 1.807) is 4.72 Å². The molecular formula is C14H18FN3O4S. The molecule has 0 aliphatic carbocycles. The third-order valence-electron chi connectivity index (χ3n) is 4.21. The maximum atomic E-state index is 14.8. The molecule has 1 aromatic rings. The zero-order valence-corrected chi connectivity index (χ0v) is 13.2. The summed E-state index contributed by atoms with van der Waals surface area (Å²) >= 11 is 0. The summed E-state index contributed by atoms with van der Waals surface area (Å²) < 4.78 is 40.9. The average molecular weight is 343 g/mol. The van der Waals surface area contributed by atoms with Gasteiger partial charge in [0, 0.05) is 0 Å². The van der Waals surface area contributed by atoms with E-state index in [2.05, 4.69) is 5.32 Å². The van der Waals surface area contributed by atoms with Gasteiger partial charge in [-0.1, -0.05) is 6.07 Å². The van der Waals surface area contributed by atoms with Gasteiger partial charge in [0.2, 0.25) is 0 Å². The van der Waals surface area contributed by atoms with E-state index in [1.165, 1.54) is 12.1 Å². The smallest absolute Gasteiger partial charge is 0.326 e. The number of phenols is 1. The number of nitrogens with zero attached hydrogens (tertiary/aromatic N) is 1. The van der Waals surface area contributed by atoms with Crippen molar-refractivity contribution in [2.45, 2.75) is 19.3 Å². The number of piperidine rings is 1. The Morgan fingerprint density at radius 1 is 1.30 bits per heavy atom. The van der Waals surface area contributed by atoms with Crippen molar-refractivity contribution in [1.82, 2.24) is 10.0 Å². The fourth-order valence-electron chi connectivity index (χ4n) is 3.03. The van der Waals surface area contributed by atoms with Crippen LogP contribution in [0.3, 0.4) is 0 Å². The molecule has 0 spiro atoms. The summed E-state index contributed by atoms with van der Waals surface area (Å²) in [6.07, 6.45) is 2.30. The van der Waals surface area contributed by atoms with Gasteiger partial charge in [0.15, 0.2) is 5.82 Å². The summed E-state index contributed by atoms with van der Waals surface area (Å²) in [6, 6.07) is 2.74. The summed E-state index contributed by atoms with van der Waals surface area (Å²) in [4.78, 5) is 11.3. The van der Waals surface area contributed by atoms with Gasteiger partial charge in [-0.2, -0.15) is 8.42 Å². The van der Waals surface area contributed by atoms with Crippen LogP contribution in [0.5, 0.6) is 5.75 Å². The maximum Gasteiger partial charge on any atom is 0.326 e. The van der Waals surface area contributed by atoms with Crippen molar-refractivity contribution in [2.24, 2.45) is 5.92 Å². The highest BCUT2D eigenvalue weighted by Crippen LogP contribution is 2.36. The third-order valence-corrected chi connectivity index (χ3v) is 5.59. The number of halogens is 1. The molecule has 0 saturated carbocycles. The molecule has 3 rings (SSSR count). The van der Waals surface area contributed by atoms with Crippen molar-refractivity contribution in [3.05, 3.63) is 23.5 Å². The molecule has 2 aliphatic rings. The Morgan fingerprint density at radius 2 is 2.00 bits per heavy atom. The normalized spacial score (nSPS) is 21.4. The van der Waals surface area contributed by atoms with Crippen LogP contribution >= 0.6 is 0 Å². The molecule has 0 unspecified atom stereocenters. The van der Waals surface area contributed by atoms with Gasteiger partial charge in [-0.25, -0.2) is 13.4 Å². The number of rotatable bonds is 3. The molecular weight excluding hydrogens is 325 g/mol. The van der Waals surface area contributed by atoms with Crippen molar-refractivity contribution in [1.29, 1.82) is 0 Å². The van der Waals surface area contributed by atoms with E-state index >= 15 is 0 Å². The summed E-state index contributed by atoms with van der Waals surface area (Å²) in [5.41, 5.74) is -0.117. The molecule has 7 nitrogen and oxygen atoms in total. The van der Waals surface area contributed by atoms with Gasteiger partial charge < -0.3 is 10.4 Å². The van der Waals surface area contributed by atoms with Crippen LogP contribution in [0.4, 0.5) is 10.1 Å². The van der Waals surface area contributed by atoms with Gasteiger partial charge in [-0.15, -0.1) is 0 Å². The van der Waals surface area contributed by atoms with Gasteiger partial charge in [-0.05, 0) is 49.9 Å². The average Bonchev–Trinajstić information content (AvgIpc) is 2.76. The van der Waals surface area contributed by atoms with Crippen LogP contribution in [0.1, 0.15) is 18.4 Å². The minimum atomic E-state index is -4.16. The number of benzene rings is 1. The molecule has 23 heavy (non-hydrogen) atoms. The fourth-order valence-corrected chi connectivity index (χ4v) is 4.20. The number of hydrogen-bond acceptors (Lipinski definition) is 5. The highest BCUT2D eigenvalue weighted by molar-refractivity contribution is 7.92. The molecule has 0 radical (unpaired) electrons. The second-order valence-electron chi connectivity index (χ2n) is 5.84. The number of amides is 1. The van der Waals surface area contributed by atoms with Crippen LogP contribution in [-0.2, 0) is 21.4 Å². The van der Waals surface area contributed by atoms with E-state index in [1.807, 2.05) is 0 Å². The molecule has 0 bridgehead atoms. The van der Waals surface area contributed by atoms with Crippen LogP contribution in [-0.4, -0.2) is 39.1 Å². The molecule has 9 heteroatoms. The predicted molar refractivity (Wildman–Crippen MR) is 81.8 cm³/mol. The van der Waals surface area contributed by atoms with Crippen LogP contribution in [0.15, 0.2) is 12.1 Å². The zero-order valence-electron chi connectivity index (χ0n) is 12.4. The lowest BCUT2D eigenvalue weighted by Crippen LogP contribution is -2.31. The quantitative estimate of drug-likeness (QED) is 0.731. The Bertz CT molecular complexity index is 732. The van der Waals surface area contributed by atoms with Gasteiger partial charge in [0.1, 0.15) is 18.0 Å². The monoisotopic (exact) mass is 343 g/mol. The Morgan fingerprint density at radius 3 is 2.61 bits per heavy atom. The molecule has 2 saturated heterocycles.